The summed E-state index contributed by atoms with van der Waals surface area (Å²) in [6.45, 7) is 5.63. The number of benzene rings is 2. The van der Waals surface area contributed by atoms with E-state index in [1.807, 2.05) is 24.3 Å². The highest BCUT2D eigenvalue weighted by molar-refractivity contribution is 5.78. The second kappa shape index (κ2) is 13.6. The first kappa shape index (κ1) is 23.5. The standard InChI is InChI=1S/C12H14N4.C8H22N4/c13-9-3-1-7(5-11(9)15)8-2-4-10(14)12(16)6-8;9-3-1-5-11-7-8-12-6-2-4-10/h1-6H,13-16H2;11-12H,1-10H2. The summed E-state index contributed by atoms with van der Waals surface area (Å²) < 4.78 is 0. The van der Waals surface area contributed by atoms with Crippen LogP contribution in [0.2, 0.25) is 0 Å². The molecule has 0 unspecified atom stereocenters. The van der Waals surface area contributed by atoms with E-state index in [0.29, 0.717) is 22.7 Å². The number of rotatable bonds is 10. The minimum Gasteiger partial charge on any atom is -0.397 e. The van der Waals surface area contributed by atoms with E-state index < -0.39 is 0 Å². The van der Waals surface area contributed by atoms with Gasteiger partial charge in [0, 0.05) is 13.1 Å². The molecule has 0 heterocycles. The van der Waals surface area contributed by atoms with Crippen molar-refractivity contribution >= 4 is 22.7 Å². The van der Waals surface area contributed by atoms with Crippen molar-refractivity contribution in [1.29, 1.82) is 0 Å². The lowest BCUT2D eigenvalue weighted by molar-refractivity contribution is 0.590. The molecule has 0 aromatic heterocycles. The number of nitrogens with two attached hydrogens (primary N) is 6. The summed E-state index contributed by atoms with van der Waals surface area (Å²) in [7, 11) is 0. The summed E-state index contributed by atoms with van der Waals surface area (Å²) >= 11 is 0. The van der Waals surface area contributed by atoms with Crippen molar-refractivity contribution in [3.63, 3.8) is 0 Å². The third kappa shape index (κ3) is 8.92. The number of hydrogen-bond donors (Lipinski definition) is 8. The third-order valence-electron chi connectivity index (χ3n) is 4.10. The van der Waals surface area contributed by atoms with E-state index in [-0.39, 0.29) is 0 Å². The first-order valence-electron chi connectivity index (χ1n) is 9.61. The van der Waals surface area contributed by atoms with Crippen LogP contribution in [0.3, 0.4) is 0 Å². The highest BCUT2D eigenvalue weighted by Crippen LogP contribution is 2.28. The van der Waals surface area contributed by atoms with Crippen LogP contribution in [-0.4, -0.2) is 39.3 Å². The monoisotopic (exact) mass is 388 g/mol. The maximum atomic E-state index is 5.74. The van der Waals surface area contributed by atoms with Gasteiger partial charge in [-0.1, -0.05) is 12.1 Å². The average molecular weight is 389 g/mol. The Morgan fingerprint density at radius 1 is 0.536 bits per heavy atom. The normalized spacial score (nSPS) is 10.4. The molecule has 0 amide bonds. The molecule has 0 fully saturated rings. The zero-order valence-electron chi connectivity index (χ0n) is 16.6. The molecule has 2 aromatic carbocycles. The molecule has 0 bridgehead atoms. The van der Waals surface area contributed by atoms with Gasteiger partial charge in [-0.2, -0.15) is 0 Å². The van der Waals surface area contributed by atoms with Gasteiger partial charge in [-0.15, -0.1) is 0 Å². The fourth-order valence-corrected chi connectivity index (χ4v) is 2.39. The van der Waals surface area contributed by atoms with Crippen LogP contribution in [0.5, 0.6) is 0 Å². The van der Waals surface area contributed by atoms with Gasteiger partial charge < -0.3 is 45.0 Å². The number of hydrogen-bond acceptors (Lipinski definition) is 8. The molecular weight excluding hydrogens is 352 g/mol. The Labute approximate surface area is 168 Å². The molecule has 2 aromatic rings. The summed E-state index contributed by atoms with van der Waals surface area (Å²) in [5.74, 6) is 0. The molecule has 8 heteroatoms. The molecule has 0 aliphatic rings. The number of anilines is 4. The van der Waals surface area contributed by atoms with Gasteiger partial charge in [0.1, 0.15) is 0 Å². The summed E-state index contributed by atoms with van der Waals surface area (Å²) in [6, 6.07) is 11.0. The molecule has 0 saturated heterocycles. The predicted octanol–water partition coefficient (Wildman–Crippen LogP) is 0.546. The van der Waals surface area contributed by atoms with Crippen molar-refractivity contribution in [3.8, 4) is 11.1 Å². The van der Waals surface area contributed by atoms with E-state index >= 15 is 0 Å². The van der Waals surface area contributed by atoms with E-state index in [0.717, 1.165) is 63.2 Å². The molecule has 0 aliphatic heterocycles. The van der Waals surface area contributed by atoms with Crippen molar-refractivity contribution in [2.45, 2.75) is 12.8 Å². The van der Waals surface area contributed by atoms with Gasteiger partial charge in [0.15, 0.2) is 0 Å². The van der Waals surface area contributed by atoms with Crippen molar-refractivity contribution in [2.75, 3.05) is 62.2 Å². The van der Waals surface area contributed by atoms with E-state index in [1.54, 1.807) is 12.1 Å². The lowest BCUT2D eigenvalue weighted by Gasteiger charge is -2.07. The first-order chi connectivity index (χ1) is 13.5. The van der Waals surface area contributed by atoms with Gasteiger partial charge in [-0.25, -0.2) is 0 Å². The van der Waals surface area contributed by atoms with Gasteiger partial charge in [-0.05, 0) is 74.4 Å². The van der Waals surface area contributed by atoms with Gasteiger partial charge in [0.25, 0.3) is 0 Å². The topological polar surface area (TPSA) is 180 Å². The van der Waals surface area contributed by atoms with Crippen LogP contribution >= 0.6 is 0 Å². The Bertz CT molecular complexity index is 630. The molecule has 2 rings (SSSR count). The Hall–Kier alpha value is -2.52. The maximum Gasteiger partial charge on any atom is 0.0554 e. The fraction of sp³-hybridized carbons (Fsp3) is 0.400. The van der Waals surface area contributed by atoms with E-state index in [2.05, 4.69) is 10.6 Å². The molecule has 0 spiro atoms. The van der Waals surface area contributed by atoms with E-state index in [1.165, 1.54) is 0 Å². The van der Waals surface area contributed by atoms with Crippen molar-refractivity contribution in [3.05, 3.63) is 36.4 Å². The van der Waals surface area contributed by atoms with Crippen molar-refractivity contribution in [1.82, 2.24) is 10.6 Å². The Morgan fingerprint density at radius 2 is 0.929 bits per heavy atom. The number of nitrogens with one attached hydrogen (secondary N) is 2. The summed E-state index contributed by atoms with van der Waals surface area (Å²) in [6.07, 6.45) is 2.12. The molecule has 156 valence electrons. The molecule has 0 saturated carbocycles. The highest BCUT2D eigenvalue weighted by atomic mass is 14.9. The van der Waals surface area contributed by atoms with E-state index in [9.17, 15) is 0 Å². The molecule has 0 atom stereocenters. The summed E-state index contributed by atoms with van der Waals surface area (Å²) in [5.41, 5.74) is 37.7. The van der Waals surface area contributed by atoms with Crippen LogP contribution in [0.15, 0.2) is 36.4 Å². The largest absolute Gasteiger partial charge is 0.397 e. The zero-order valence-corrected chi connectivity index (χ0v) is 16.6. The Balaban J connectivity index is 0.000000295. The van der Waals surface area contributed by atoms with Gasteiger partial charge in [-0.3, -0.25) is 0 Å². The van der Waals surface area contributed by atoms with Crippen LogP contribution < -0.4 is 45.0 Å². The van der Waals surface area contributed by atoms with Crippen molar-refractivity contribution < 1.29 is 0 Å². The van der Waals surface area contributed by atoms with Crippen LogP contribution in [0.4, 0.5) is 22.7 Å². The highest BCUT2D eigenvalue weighted by Gasteiger charge is 2.02. The van der Waals surface area contributed by atoms with Gasteiger partial charge in [0.2, 0.25) is 0 Å². The smallest absolute Gasteiger partial charge is 0.0554 e. The molecule has 0 radical (unpaired) electrons. The van der Waals surface area contributed by atoms with Crippen LogP contribution in [0.1, 0.15) is 12.8 Å². The van der Waals surface area contributed by atoms with Gasteiger partial charge in [0.05, 0.1) is 22.7 Å². The lowest BCUT2D eigenvalue weighted by atomic mass is 10.0. The summed E-state index contributed by atoms with van der Waals surface area (Å²) in [4.78, 5) is 0. The predicted molar refractivity (Wildman–Crippen MR) is 123 cm³/mol. The van der Waals surface area contributed by atoms with Crippen molar-refractivity contribution in [2.24, 2.45) is 11.5 Å². The SMILES string of the molecule is NCCCNCCNCCCN.Nc1ccc(-c2ccc(N)c(N)c2)cc1N. The minimum absolute atomic E-state index is 0.563. The lowest BCUT2D eigenvalue weighted by Crippen LogP contribution is -2.29. The summed E-state index contributed by atoms with van der Waals surface area (Å²) in [5, 5.41) is 6.58. The first-order valence-corrected chi connectivity index (χ1v) is 9.61. The van der Waals surface area contributed by atoms with Gasteiger partial charge >= 0.3 is 0 Å². The van der Waals surface area contributed by atoms with Crippen LogP contribution in [0.25, 0.3) is 11.1 Å². The van der Waals surface area contributed by atoms with Crippen LogP contribution in [-0.2, 0) is 0 Å². The minimum atomic E-state index is 0.563. The van der Waals surface area contributed by atoms with E-state index in [4.69, 9.17) is 34.4 Å². The average Bonchev–Trinajstić information content (AvgIpc) is 2.69. The Kier molecular flexibility index (Phi) is 11.4. The molecule has 28 heavy (non-hydrogen) atoms. The quantitative estimate of drug-likeness (QED) is 0.214. The second-order valence-electron chi connectivity index (χ2n) is 6.47. The molecule has 14 N–H and O–H groups in total. The number of nitrogen functional groups attached to an aromatic ring is 4. The maximum absolute atomic E-state index is 5.74. The Morgan fingerprint density at radius 3 is 1.25 bits per heavy atom. The zero-order chi connectivity index (χ0) is 20.8. The van der Waals surface area contributed by atoms with Crippen LogP contribution in [0, 0.1) is 0 Å². The second-order valence-corrected chi connectivity index (χ2v) is 6.47. The fourth-order valence-electron chi connectivity index (χ4n) is 2.39. The molecule has 0 aliphatic carbocycles. The third-order valence-corrected chi connectivity index (χ3v) is 4.10. The molecule has 8 nitrogen and oxygen atoms in total. The molecular formula is C20H36N8.